The van der Waals surface area contributed by atoms with Gasteiger partial charge in [0.05, 0.1) is 0 Å². The second kappa shape index (κ2) is 5.97. The van der Waals surface area contributed by atoms with Crippen molar-refractivity contribution in [3.63, 3.8) is 0 Å². The molecule has 4 aromatic rings. The summed E-state index contributed by atoms with van der Waals surface area (Å²) in [5.41, 5.74) is 5.45. The lowest BCUT2D eigenvalue weighted by Gasteiger charge is -2.34. The summed E-state index contributed by atoms with van der Waals surface area (Å²) in [5.74, 6) is 0.0131. The van der Waals surface area contributed by atoms with Gasteiger partial charge in [0.2, 0.25) is 5.91 Å². The van der Waals surface area contributed by atoms with Crippen LogP contribution in [0.5, 0.6) is 0 Å². The van der Waals surface area contributed by atoms with Crippen LogP contribution in [0.2, 0.25) is 0 Å². The molecule has 0 saturated carbocycles. The highest BCUT2D eigenvalue weighted by Gasteiger charge is 2.56. The molecule has 29 heavy (non-hydrogen) atoms. The molecule has 3 N–H and O–H groups in total. The normalized spacial score (nSPS) is 22.2. The van der Waals surface area contributed by atoms with Crippen molar-refractivity contribution in [2.45, 2.75) is 11.3 Å². The Bertz CT molecular complexity index is 1290. The number of fused-ring (bicyclic) bond motifs is 3. The molecule has 0 radical (unpaired) electrons. The van der Waals surface area contributed by atoms with E-state index in [1.54, 1.807) is 0 Å². The molecule has 4 nitrogen and oxygen atoms in total. The summed E-state index contributed by atoms with van der Waals surface area (Å²) in [5, 5.41) is 7.79. The minimum atomic E-state index is -0.810. The van der Waals surface area contributed by atoms with Crippen LogP contribution in [0.3, 0.4) is 0 Å². The molecule has 0 fully saturated rings. The van der Waals surface area contributed by atoms with Crippen LogP contribution < -0.4 is 10.6 Å². The minimum Gasteiger partial charge on any atom is -0.384 e. The van der Waals surface area contributed by atoms with Gasteiger partial charge < -0.3 is 15.6 Å². The van der Waals surface area contributed by atoms with Crippen molar-refractivity contribution in [1.29, 1.82) is 0 Å². The van der Waals surface area contributed by atoms with Gasteiger partial charge in [-0.1, -0.05) is 58.4 Å². The molecule has 0 saturated heterocycles. The number of hydrogen-bond acceptors (Lipinski definition) is 2. The largest absolute Gasteiger partial charge is 0.384 e. The number of para-hydroxylation sites is 2. The zero-order valence-corrected chi connectivity index (χ0v) is 17.1. The fraction of sp³-hybridized carbons (Fsp3) is 0.125. The SMILES string of the molecule is O=C1Nc2cc(Br)ccc2[C@@]1(c1c[nH]c2ccccc12)C1CNc2ccccc21. The van der Waals surface area contributed by atoms with Gasteiger partial charge in [0.15, 0.2) is 0 Å². The summed E-state index contributed by atoms with van der Waals surface area (Å²) in [6, 6.07) is 22.6. The topological polar surface area (TPSA) is 56.9 Å². The molecule has 3 heterocycles. The first-order valence-corrected chi connectivity index (χ1v) is 10.5. The second-order valence-electron chi connectivity index (χ2n) is 7.72. The summed E-state index contributed by atoms with van der Waals surface area (Å²) in [4.78, 5) is 17.2. The van der Waals surface area contributed by atoms with Crippen LogP contribution in [0.15, 0.2) is 77.4 Å². The number of amides is 1. The first-order valence-electron chi connectivity index (χ1n) is 9.70. The van der Waals surface area contributed by atoms with E-state index in [0.29, 0.717) is 6.54 Å². The number of H-pyrrole nitrogens is 1. The van der Waals surface area contributed by atoms with Gasteiger partial charge in [0.25, 0.3) is 0 Å². The van der Waals surface area contributed by atoms with Crippen LogP contribution in [0.25, 0.3) is 10.9 Å². The molecule has 1 unspecified atom stereocenters. The Kier molecular flexibility index (Phi) is 3.47. The van der Waals surface area contributed by atoms with Gasteiger partial charge in [-0.05, 0) is 41.0 Å². The number of hydrogen-bond donors (Lipinski definition) is 3. The summed E-state index contributed by atoms with van der Waals surface area (Å²) < 4.78 is 0.955. The summed E-state index contributed by atoms with van der Waals surface area (Å²) in [6.45, 7) is 0.710. The van der Waals surface area contributed by atoms with E-state index >= 15 is 0 Å². The van der Waals surface area contributed by atoms with Crippen molar-refractivity contribution in [3.05, 3.63) is 94.1 Å². The first-order chi connectivity index (χ1) is 14.2. The Labute approximate surface area is 176 Å². The average molecular weight is 444 g/mol. The third-order valence-electron chi connectivity index (χ3n) is 6.38. The monoisotopic (exact) mass is 443 g/mol. The third-order valence-corrected chi connectivity index (χ3v) is 6.88. The van der Waals surface area contributed by atoms with Crippen molar-refractivity contribution in [2.75, 3.05) is 17.2 Å². The number of carbonyl (C=O) groups is 1. The smallest absolute Gasteiger partial charge is 0.240 e. The van der Waals surface area contributed by atoms with Gasteiger partial charge in [-0.15, -0.1) is 0 Å². The average Bonchev–Trinajstić information content (AvgIpc) is 3.42. The van der Waals surface area contributed by atoms with Gasteiger partial charge in [0.1, 0.15) is 5.41 Å². The Balaban J connectivity index is 1.71. The highest BCUT2D eigenvalue weighted by Crippen LogP contribution is 2.56. The van der Waals surface area contributed by atoms with Crippen LogP contribution >= 0.6 is 15.9 Å². The van der Waals surface area contributed by atoms with Gasteiger partial charge in [0, 0.05) is 45.4 Å². The molecular formula is C24H18BrN3O. The summed E-state index contributed by atoms with van der Waals surface area (Å²) in [7, 11) is 0. The molecule has 3 aromatic carbocycles. The number of benzene rings is 3. The maximum absolute atomic E-state index is 13.8. The van der Waals surface area contributed by atoms with Gasteiger partial charge in [-0.25, -0.2) is 0 Å². The van der Waals surface area contributed by atoms with Crippen LogP contribution in [-0.2, 0) is 10.2 Å². The fourth-order valence-electron chi connectivity index (χ4n) is 5.18. The van der Waals surface area contributed by atoms with Crippen LogP contribution in [0.4, 0.5) is 11.4 Å². The lowest BCUT2D eigenvalue weighted by molar-refractivity contribution is -0.120. The van der Waals surface area contributed by atoms with E-state index in [9.17, 15) is 4.79 Å². The molecule has 2 aliphatic heterocycles. The summed E-state index contributed by atoms with van der Waals surface area (Å²) >= 11 is 3.55. The Morgan fingerprint density at radius 3 is 2.69 bits per heavy atom. The predicted molar refractivity (Wildman–Crippen MR) is 120 cm³/mol. The van der Waals surface area contributed by atoms with Crippen molar-refractivity contribution in [3.8, 4) is 0 Å². The molecule has 1 aromatic heterocycles. The molecule has 0 aliphatic carbocycles. The molecule has 0 spiro atoms. The van der Waals surface area contributed by atoms with E-state index < -0.39 is 5.41 Å². The van der Waals surface area contributed by atoms with E-state index in [-0.39, 0.29) is 11.8 Å². The van der Waals surface area contributed by atoms with Crippen LogP contribution in [0.1, 0.15) is 22.6 Å². The number of halogens is 1. The Hall–Kier alpha value is -3.05. The molecule has 5 heteroatoms. The number of nitrogens with one attached hydrogen (secondary N) is 3. The maximum atomic E-state index is 13.8. The Morgan fingerprint density at radius 2 is 1.76 bits per heavy atom. The predicted octanol–water partition coefficient (Wildman–Crippen LogP) is 5.38. The highest BCUT2D eigenvalue weighted by molar-refractivity contribution is 9.10. The molecular weight excluding hydrogens is 426 g/mol. The zero-order valence-electron chi connectivity index (χ0n) is 15.5. The van der Waals surface area contributed by atoms with Gasteiger partial charge in [-0.3, -0.25) is 4.79 Å². The maximum Gasteiger partial charge on any atom is 0.240 e. The molecule has 6 rings (SSSR count). The minimum absolute atomic E-state index is 0.0136. The van der Waals surface area contributed by atoms with Gasteiger partial charge in [-0.2, -0.15) is 0 Å². The molecule has 142 valence electrons. The third kappa shape index (κ3) is 2.16. The molecule has 2 aliphatic rings. The molecule has 2 atom stereocenters. The lowest BCUT2D eigenvalue weighted by Crippen LogP contribution is -2.42. The van der Waals surface area contributed by atoms with E-state index in [1.165, 1.54) is 5.56 Å². The number of aromatic nitrogens is 1. The quantitative estimate of drug-likeness (QED) is 0.389. The van der Waals surface area contributed by atoms with E-state index in [0.717, 1.165) is 37.9 Å². The van der Waals surface area contributed by atoms with Crippen molar-refractivity contribution in [2.24, 2.45) is 0 Å². The van der Waals surface area contributed by atoms with E-state index in [2.05, 4.69) is 67.9 Å². The number of aromatic amines is 1. The molecule has 1 amide bonds. The van der Waals surface area contributed by atoms with Crippen molar-refractivity contribution >= 4 is 44.1 Å². The second-order valence-corrected chi connectivity index (χ2v) is 8.64. The fourth-order valence-corrected chi connectivity index (χ4v) is 5.54. The number of anilines is 2. The number of rotatable bonds is 2. The highest BCUT2D eigenvalue weighted by atomic mass is 79.9. The standard InChI is InChI=1S/C24H18BrN3O/c25-14-9-10-17-22(11-14)28-23(29)24(17,18-12-26-20-7-3-1-5-15(18)20)19-13-27-21-8-4-2-6-16(19)21/h1-12,19,26-27H,13H2,(H,28,29)/t19?,24-/m1/s1. The first kappa shape index (κ1) is 16.9. The van der Waals surface area contributed by atoms with Crippen LogP contribution in [0, 0.1) is 0 Å². The summed E-state index contributed by atoms with van der Waals surface area (Å²) in [6.07, 6.45) is 2.02. The zero-order chi connectivity index (χ0) is 19.6. The van der Waals surface area contributed by atoms with Crippen molar-refractivity contribution in [1.82, 2.24) is 4.98 Å². The lowest BCUT2D eigenvalue weighted by atomic mass is 9.64. The van der Waals surface area contributed by atoms with Crippen LogP contribution in [-0.4, -0.2) is 17.4 Å². The number of carbonyl (C=O) groups excluding carboxylic acids is 1. The van der Waals surface area contributed by atoms with E-state index in [4.69, 9.17) is 0 Å². The van der Waals surface area contributed by atoms with Gasteiger partial charge >= 0.3 is 0 Å². The molecule has 0 bridgehead atoms. The van der Waals surface area contributed by atoms with E-state index in [1.807, 2.05) is 36.5 Å². The van der Waals surface area contributed by atoms with Crippen molar-refractivity contribution < 1.29 is 4.79 Å². The Morgan fingerprint density at radius 1 is 0.931 bits per heavy atom.